The van der Waals surface area contributed by atoms with Crippen molar-refractivity contribution in [2.45, 2.75) is 19.3 Å². The van der Waals surface area contributed by atoms with Crippen molar-refractivity contribution in [1.82, 2.24) is 5.32 Å². The lowest BCUT2D eigenvalue weighted by molar-refractivity contribution is -0.117. The van der Waals surface area contributed by atoms with Crippen molar-refractivity contribution in [2.24, 2.45) is 11.0 Å². The zero-order chi connectivity index (χ0) is 18.8. The maximum absolute atomic E-state index is 12.4. The van der Waals surface area contributed by atoms with Crippen molar-refractivity contribution in [3.63, 3.8) is 0 Å². The fourth-order valence-corrected chi connectivity index (χ4v) is 2.77. The fraction of sp³-hybridized carbons (Fsp3) is 0.200. The number of nitrogens with zero attached hydrogens (tertiary/aromatic N) is 2. The second-order valence-electron chi connectivity index (χ2n) is 6.56. The summed E-state index contributed by atoms with van der Waals surface area (Å²) in [7, 11) is 0. The number of carbonyl (C=O) groups excluding carboxylic acids is 3. The van der Waals surface area contributed by atoms with Gasteiger partial charge in [0, 0.05) is 17.2 Å². The lowest BCUT2D eigenvalue weighted by atomic mass is 10.2. The summed E-state index contributed by atoms with van der Waals surface area (Å²) in [5, 5.41) is 11.0. The minimum Gasteiger partial charge on any atom is -0.326 e. The van der Waals surface area contributed by atoms with E-state index in [0.717, 1.165) is 12.8 Å². The average molecular weight is 362 g/mol. The Morgan fingerprint density at radius 3 is 2.33 bits per heavy atom. The molecule has 0 atom stereocenters. The van der Waals surface area contributed by atoms with Crippen LogP contribution in [-0.4, -0.2) is 23.6 Å². The molecule has 2 aromatic carbocycles. The summed E-state index contributed by atoms with van der Waals surface area (Å²) in [6.45, 7) is 0. The first kappa shape index (κ1) is 17.0. The Bertz CT molecular complexity index is 918. The third kappa shape index (κ3) is 3.87. The normalized spacial score (nSPS) is 16.1. The minimum absolute atomic E-state index is 0.0204. The standard InChI is InChI=1S/C20H18N4O3/c25-18-12-17(23-24(18)16-4-2-1-3-5-16)22-20(27)14-8-10-15(11-9-14)21-19(26)13-6-7-13/h1-5,8-11,13H,6-7,12H2,(H,21,26)(H,22,23,27). The molecule has 0 radical (unpaired) electrons. The molecule has 2 aliphatic rings. The molecule has 136 valence electrons. The molecule has 3 amide bonds. The van der Waals surface area contributed by atoms with Crippen LogP contribution in [0.5, 0.6) is 0 Å². The smallest absolute Gasteiger partial charge is 0.256 e. The fourth-order valence-electron chi connectivity index (χ4n) is 2.77. The van der Waals surface area contributed by atoms with Gasteiger partial charge in [0.25, 0.3) is 11.8 Å². The van der Waals surface area contributed by atoms with Crippen LogP contribution in [0, 0.1) is 5.92 Å². The summed E-state index contributed by atoms with van der Waals surface area (Å²) in [5.41, 5.74) is 1.74. The Morgan fingerprint density at radius 2 is 1.67 bits per heavy atom. The van der Waals surface area contributed by atoms with E-state index in [1.54, 1.807) is 36.4 Å². The largest absolute Gasteiger partial charge is 0.326 e. The maximum atomic E-state index is 12.4. The van der Waals surface area contributed by atoms with Crippen molar-refractivity contribution in [1.29, 1.82) is 0 Å². The van der Waals surface area contributed by atoms with Crippen molar-refractivity contribution in [2.75, 3.05) is 10.3 Å². The molecule has 1 fully saturated rings. The lowest BCUT2D eigenvalue weighted by Crippen LogP contribution is -2.29. The number of hydrogen-bond acceptors (Lipinski definition) is 4. The van der Waals surface area contributed by atoms with Gasteiger partial charge >= 0.3 is 0 Å². The van der Waals surface area contributed by atoms with Gasteiger partial charge in [0.1, 0.15) is 5.84 Å². The zero-order valence-electron chi connectivity index (χ0n) is 14.5. The molecule has 0 unspecified atom stereocenters. The van der Waals surface area contributed by atoms with Crippen molar-refractivity contribution < 1.29 is 14.4 Å². The Kier molecular flexibility index (Phi) is 4.42. The van der Waals surface area contributed by atoms with Gasteiger partial charge < -0.3 is 10.6 Å². The number of carbonyl (C=O) groups is 3. The van der Waals surface area contributed by atoms with E-state index in [1.165, 1.54) is 5.01 Å². The summed E-state index contributed by atoms with van der Waals surface area (Å²) >= 11 is 0. The van der Waals surface area contributed by atoms with Crippen LogP contribution >= 0.6 is 0 Å². The van der Waals surface area contributed by atoms with E-state index in [9.17, 15) is 14.4 Å². The van der Waals surface area contributed by atoms with E-state index in [2.05, 4.69) is 15.7 Å². The molecule has 0 saturated heterocycles. The third-order valence-corrected chi connectivity index (χ3v) is 4.40. The van der Waals surface area contributed by atoms with E-state index in [0.29, 0.717) is 22.8 Å². The van der Waals surface area contributed by atoms with Crippen LogP contribution in [0.2, 0.25) is 0 Å². The predicted molar refractivity (Wildman–Crippen MR) is 101 cm³/mol. The molecular formula is C20H18N4O3. The maximum Gasteiger partial charge on any atom is 0.256 e. The number of amidine groups is 1. The molecule has 0 spiro atoms. The van der Waals surface area contributed by atoms with Crippen LogP contribution < -0.4 is 15.6 Å². The number of rotatable bonds is 4. The Hall–Kier alpha value is -3.48. The van der Waals surface area contributed by atoms with Gasteiger partial charge in [0.05, 0.1) is 12.1 Å². The summed E-state index contributed by atoms with van der Waals surface area (Å²) in [5.74, 6) is -0.100. The molecule has 4 rings (SSSR count). The van der Waals surface area contributed by atoms with Crippen LogP contribution in [0.4, 0.5) is 11.4 Å². The number of para-hydroxylation sites is 1. The summed E-state index contributed by atoms with van der Waals surface area (Å²) in [6.07, 6.45) is 1.91. The first-order valence-corrected chi connectivity index (χ1v) is 8.78. The number of nitrogens with one attached hydrogen (secondary N) is 2. The molecule has 27 heavy (non-hydrogen) atoms. The van der Waals surface area contributed by atoms with Gasteiger partial charge in [-0.2, -0.15) is 10.1 Å². The Labute approximate surface area is 156 Å². The topological polar surface area (TPSA) is 90.9 Å². The molecule has 7 heteroatoms. The highest BCUT2D eigenvalue weighted by atomic mass is 16.2. The third-order valence-electron chi connectivity index (χ3n) is 4.40. The number of hydrazone groups is 1. The molecule has 7 nitrogen and oxygen atoms in total. The quantitative estimate of drug-likeness (QED) is 0.875. The van der Waals surface area contributed by atoms with Crippen molar-refractivity contribution in [3.05, 3.63) is 60.2 Å². The van der Waals surface area contributed by atoms with Crippen molar-refractivity contribution in [3.8, 4) is 0 Å². The zero-order valence-corrected chi connectivity index (χ0v) is 14.5. The number of benzene rings is 2. The van der Waals surface area contributed by atoms with E-state index >= 15 is 0 Å². The van der Waals surface area contributed by atoms with Gasteiger partial charge in [-0.05, 0) is 49.2 Å². The molecular weight excluding hydrogens is 344 g/mol. The molecule has 0 bridgehead atoms. The van der Waals surface area contributed by atoms with Crippen LogP contribution in [-0.2, 0) is 9.59 Å². The first-order chi connectivity index (χ1) is 13.1. The monoisotopic (exact) mass is 362 g/mol. The lowest BCUT2D eigenvalue weighted by Gasteiger charge is -2.10. The predicted octanol–water partition coefficient (Wildman–Crippen LogP) is 2.52. The van der Waals surface area contributed by atoms with Gasteiger partial charge in [-0.1, -0.05) is 18.2 Å². The summed E-state index contributed by atoms with van der Waals surface area (Å²) in [4.78, 5) is 36.3. The highest BCUT2D eigenvalue weighted by molar-refractivity contribution is 6.17. The van der Waals surface area contributed by atoms with Crippen LogP contribution in [0.15, 0.2) is 59.7 Å². The Balaban J connectivity index is 1.40. The molecule has 1 aliphatic carbocycles. The summed E-state index contributed by atoms with van der Waals surface area (Å²) in [6, 6.07) is 15.7. The average Bonchev–Trinajstić information content (AvgIpc) is 3.47. The van der Waals surface area contributed by atoms with Crippen LogP contribution in [0.1, 0.15) is 29.6 Å². The van der Waals surface area contributed by atoms with Crippen molar-refractivity contribution >= 4 is 34.9 Å². The minimum atomic E-state index is -0.350. The highest BCUT2D eigenvalue weighted by Crippen LogP contribution is 2.30. The van der Waals surface area contributed by atoms with Gasteiger partial charge in [-0.3, -0.25) is 14.4 Å². The Morgan fingerprint density at radius 1 is 0.963 bits per heavy atom. The molecule has 1 aliphatic heterocycles. The van der Waals surface area contributed by atoms with E-state index in [4.69, 9.17) is 0 Å². The molecule has 2 N–H and O–H groups in total. The number of hydrogen-bond donors (Lipinski definition) is 2. The van der Waals surface area contributed by atoms with E-state index in [1.807, 2.05) is 18.2 Å². The summed E-state index contributed by atoms with van der Waals surface area (Å²) < 4.78 is 0. The van der Waals surface area contributed by atoms with Gasteiger partial charge in [0.15, 0.2) is 0 Å². The van der Waals surface area contributed by atoms with E-state index < -0.39 is 0 Å². The second kappa shape index (κ2) is 7.03. The van der Waals surface area contributed by atoms with Gasteiger partial charge in [-0.25, -0.2) is 0 Å². The van der Waals surface area contributed by atoms with Crippen LogP contribution in [0.25, 0.3) is 0 Å². The van der Waals surface area contributed by atoms with Crippen LogP contribution in [0.3, 0.4) is 0 Å². The molecule has 1 heterocycles. The molecule has 0 aromatic heterocycles. The SMILES string of the molecule is O=C(NC1=NN(c2ccccc2)C(=O)C1)c1ccc(NC(=O)C2CC2)cc1. The first-order valence-electron chi connectivity index (χ1n) is 8.78. The van der Waals surface area contributed by atoms with Gasteiger partial charge in [0.2, 0.25) is 5.91 Å². The van der Waals surface area contributed by atoms with E-state index in [-0.39, 0.29) is 30.1 Å². The molecule has 2 aromatic rings. The number of anilines is 2. The highest BCUT2D eigenvalue weighted by Gasteiger charge is 2.29. The molecule has 1 saturated carbocycles. The number of amides is 3. The van der Waals surface area contributed by atoms with Gasteiger partial charge in [-0.15, -0.1) is 0 Å². The second-order valence-corrected chi connectivity index (χ2v) is 6.56.